The highest BCUT2D eigenvalue weighted by Crippen LogP contribution is 2.24. The first kappa shape index (κ1) is 14.7. The zero-order chi connectivity index (χ0) is 14.8. The number of hydrogen-bond donors (Lipinski definition) is 1. The van der Waals surface area contributed by atoms with E-state index in [-0.39, 0.29) is 18.8 Å². The van der Waals surface area contributed by atoms with Crippen molar-refractivity contribution in [3.63, 3.8) is 0 Å². The van der Waals surface area contributed by atoms with Gasteiger partial charge in [-0.1, -0.05) is 0 Å². The molecule has 1 aliphatic heterocycles. The van der Waals surface area contributed by atoms with Gasteiger partial charge in [-0.05, 0) is 35.0 Å². The van der Waals surface area contributed by atoms with Crippen LogP contribution in [0.15, 0.2) is 25.6 Å². The van der Waals surface area contributed by atoms with Crippen LogP contribution in [0.25, 0.3) is 11.7 Å². The van der Waals surface area contributed by atoms with E-state index in [0.29, 0.717) is 41.9 Å². The average molecular weight is 358 g/mol. The van der Waals surface area contributed by atoms with E-state index in [4.69, 9.17) is 13.6 Å². The van der Waals surface area contributed by atoms with Gasteiger partial charge in [-0.2, -0.15) is 0 Å². The van der Waals surface area contributed by atoms with Gasteiger partial charge in [0.05, 0.1) is 25.9 Å². The van der Waals surface area contributed by atoms with Crippen LogP contribution in [0.3, 0.4) is 0 Å². The van der Waals surface area contributed by atoms with E-state index >= 15 is 0 Å². The normalized spacial score (nSPS) is 23.6. The van der Waals surface area contributed by atoms with Gasteiger partial charge in [0, 0.05) is 12.6 Å². The first-order valence-corrected chi connectivity index (χ1v) is 7.49. The van der Waals surface area contributed by atoms with Gasteiger partial charge in [0.25, 0.3) is 5.89 Å². The van der Waals surface area contributed by atoms with Crippen LogP contribution in [0.1, 0.15) is 12.8 Å². The highest BCUT2D eigenvalue weighted by molar-refractivity contribution is 9.10. The lowest BCUT2D eigenvalue weighted by Gasteiger charge is -2.36. The summed E-state index contributed by atoms with van der Waals surface area (Å²) in [5, 5.41) is 17.2. The molecule has 2 aromatic rings. The Balaban J connectivity index is 1.69. The summed E-state index contributed by atoms with van der Waals surface area (Å²) in [5.74, 6) is 1.40. The quantitative estimate of drug-likeness (QED) is 0.890. The number of furan rings is 1. The van der Waals surface area contributed by atoms with Crippen molar-refractivity contribution < 1.29 is 18.7 Å². The Kier molecular flexibility index (Phi) is 4.39. The highest BCUT2D eigenvalue weighted by atomic mass is 79.9. The summed E-state index contributed by atoms with van der Waals surface area (Å²) in [5.41, 5.74) is 0. The minimum Gasteiger partial charge on any atom is -0.444 e. The van der Waals surface area contributed by atoms with Crippen molar-refractivity contribution in [1.82, 2.24) is 15.1 Å². The van der Waals surface area contributed by atoms with E-state index in [0.717, 1.165) is 0 Å². The van der Waals surface area contributed by atoms with Gasteiger partial charge < -0.3 is 18.7 Å². The van der Waals surface area contributed by atoms with Crippen LogP contribution in [0, 0.1) is 0 Å². The topological polar surface area (TPSA) is 84.8 Å². The lowest BCUT2D eigenvalue weighted by Crippen LogP contribution is -2.48. The molecule has 21 heavy (non-hydrogen) atoms. The Bertz CT molecular complexity index is 600. The third-order valence-electron chi connectivity index (χ3n) is 3.43. The van der Waals surface area contributed by atoms with E-state index in [1.54, 1.807) is 12.1 Å². The number of halogens is 1. The van der Waals surface area contributed by atoms with E-state index < -0.39 is 0 Å². The first-order valence-electron chi connectivity index (χ1n) is 6.70. The van der Waals surface area contributed by atoms with Crippen molar-refractivity contribution in [3.05, 3.63) is 22.7 Å². The summed E-state index contributed by atoms with van der Waals surface area (Å²) in [4.78, 5) is 2.15. The smallest absolute Gasteiger partial charge is 0.283 e. The maximum absolute atomic E-state index is 9.20. The van der Waals surface area contributed by atoms with Gasteiger partial charge in [0.1, 0.15) is 0 Å². The molecule has 0 saturated carbocycles. The fourth-order valence-electron chi connectivity index (χ4n) is 2.23. The zero-order valence-corrected chi connectivity index (χ0v) is 13.1. The molecule has 3 rings (SSSR count). The molecule has 8 heteroatoms. The van der Waals surface area contributed by atoms with E-state index in [1.807, 2.05) is 0 Å². The van der Waals surface area contributed by atoms with Crippen molar-refractivity contribution in [3.8, 4) is 11.7 Å². The van der Waals surface area contributed by atoms with Crippen molar-refractivity contribution >= 4 is 15.9 Å². The average Bonchev–Trinajstić information content (AvgIpc) is 3.10. The van der Waals surface area contributed by atoms with E-state index in [9.17, 15) is 5.11 Å². The highest BCUT2D eigenvalue weighted by Gasteiger charge is 2.27. The number of aromatic nitrogens is 2. The molecule has 0 aliphatic carbocycles. The molecule has 0 radical (unpaired) electrons. The molecule has 0 bridgehead atoms. The predicted molar refractivity (Wildman–Crippen MR) is 76.4 cm³/mol. The fraction of sp³-hybridized carbons (Fsp3) is 0.538. The second-order valence-electron chi connectivity index (χ2n) is 5.02. The third kappa shape index (κ3) is 3.34. The van der Waals surface area contributed by atoms with Crippen LogP contribution in [0.2, 0.25) is 0 Å². The molecule has 3 heterocycles. The van der Waals surface area contributed by atoms with Crippen LogP contribution in [0.4, 0.5) is 0 Å². The summed E-state index contributed by atoms with van der Waals surface area (Å²) < 4.78 is 17.1. The van der Waals surface area contributed by atoms with Gasteiger partial charge in [-0.25, -0.2) is 0 Å². The molecule has 114 valence electrons. The summed E-state index contributed by atoms with van der Waals surface area (Å²) >= 11 is 3.24. The lowest BCUT2D eigenvalue weighted by atomic mass is 10.2. The fourth-order valence-corrected chi connectivity index (χ4v) is 2.53. The Labute approximate surface area is 130 Å². The Morgan fingerprint density at radius 1 is 1.38 bits per heavy atom. The number of aliphatic hydroxyl groups is 1. The Morgan fingerprint density at radius 3 is 2.95 bits per heavy atom. The zero-order valence-electron chi connectivity index (χ0n) is 11.5. The number of morpholine rings is 1. The number of ether oxygens (including phenoxy) is 1. The second kappa shape index (κ2) is 6.27. The third-order valence-corrected chi connectivity index (χ3v) is 3.85. The Hall–Kier alpha value is -1.22. The molecule has 7 nitrogen and oxygen atoms in total. The van der Waals surface area contributed by atoms with Gasteiger partial charge >= 0.3 is 0 Å². The maximum Gasteiger partial charge on any atom is 0.283 e. The summed E-state index contributed by atoms with van der Waals surface area (Å²) in [6.45, 7) is 3.82. The van der Waals surface area contributed by atoms with Crippen molar-refractivity contribution in [2.75, 3.05) is 19.8 Å². The van der Waals surface area contributed by atoms with Crippen LogP contribution in [0.5, 0.6) is 0 Å². The SMILES string of the molecule is CC1COC(CO)CN1Cc1nnc(-c2ccc(Br)o2)o1. The molecule has 0 spiro atoms. The predicted octanol–water partition coefficient (Wildman–Crippen LogP) is 1.67. The second-order valence-corrected chi connectivity index (χ2v) is 5.80. The first-order chi connectivity index (χ1) is 10.2. The van der Waals surface area contributed by atoms with Crippen molar-refractivity contribution in [2.45, 2.75) is 25.6 Å². The summed E-state index contributed by atoms with van der Waals surface area (Å²) in [6, 6.07) is 3.77. The maximum atomic E-state index is 9.20. The summed E-state index contributed by atoms with van der Waals surface area (Å²) in [6.07, 6.45) is -0.162. The summed E-state index contributed by atoms with van der Waals surface area (Å²) in [7, 11) is 0. The molecule has 2 unspecified atom stereocenters. The number of rotatable bonds is 4. The van der Waals surface area contributed by atoms with Crippen molar-refractivity contribution in [2.24, 2.45) is 0 Å². The van der Waals surface area contributed by atoms with Crippen LogP contribution in [-0.2, 0) is 11.3 Å². The molecule has 1 aliphatic rings. The van der Waals surface area contributed by atoms with Crippen molar-refractivity contribution in [1.29, 1.82) is 0 Å². The number of hydrogen-bond acceptors (Lipinski definition) is 7. The monoisotopic (exact) mass is 357 g/mol. The number of aliphatic hydroxyl groups excluding tert-OH is 1. The van der Waals surface area contributed by atoms with Gasteiger partial charge in [0.2, 0.25) is 5.89 Å². The van der Waals surface area contributed by atoms with E-state index in [2.05, 4.69) is 38.0 Å². The van der Waals surface area contributed by atoms with Crippen LogP contribution < -0.4 is 0 Å². The lowest BCUT2D eigenvalue weighted by molar-refractivity contribution is -0.0823. The molecule has 1 saturated heterocycles. The molecular formula is C13H16BrN3O4. The molecule has 2 atom stereocenters. The minimum atomic E-state index is -0.162. The Morgan fingerprint density at radius 2 is 2.24 bits per heavy atom. The molecule has 1 N–H and O–H groups in total. The minimum absolute atomic E-state index is 0.0126. The molecule has 0 amide bonds. The van der Waals surface area contributed by atoms with Crippen LogP contribution in [-0.4, -0.2) is 52.1 Å². The van der Waals surface area contributed by atoms with Gasteiger partial charge in [0.15, 0.2) is 10.4 Å². The standard InChI is InChI=1S/C13H16BrN3O4/c1-8-7-19-9(6-18)4-17(8)5-12-15-16-13(21-12)10-2-3-11(14)20-10/h2-3,8-9,18H,4-7H2,1H3. The van der Waals surface area contributed by atoms with Gasteiger partial charge in [-0.15, -0.1) is 10.2 Å². The van der Waals surface area contributed by atoms with E-state index in [1.165, 1.54) is 0 Å². The molecule has 0 aromatic carbocycles. The van der Waals surface area contributed by atoms with Crippen LogP contribution >= 0.6 is 15.9 Å². The largest absolute Gasteiger partial charge is 0.444 e. The molecule has 2 aromatic heterocycles. The molecule has 1 fully saturated rings. The van der Waals surface area contributed by atoms with Gasteiger partial charge in [-0.3, -0.25) is 4.90 Å². The molecular weight excluding hydrogens is 342 g/mol. The number of nitrogens with zero attached hydrogens (tertiary/aromatic N) is 3.